The number of hydrogen-bond acceptors (Lipinski definition) is 6. The van der Waals surface area contributed by atoms with Crippen molar-refractivity contribution in [3.63, 3.8) is 0 Å². The molecule has 7 nitrogen and oxygen atoms in total. The van der Waals surface area contributed by atoms with Gasteiger partial charge < -0.3 is 13.9 Å². The zero-order chi connectivity index (χ0) is 16.6. The van der Waals surface area contributed by atoms with Crippen molar-refractivity contribution in [1.82, 2.24) is 20.2 Å². The Morgan fingerprint density at radius 2 is 2.04 bits per heavy atom. The minimum atomic E-state index is -0.257. The molecule has 2 aromatic heterocycles. The summed E-state index contributed by atoms with van der Waals surface area (Å²) in [5.74, 6) is 1.96. The van der Waals surface area contributed by atoms with Crippen molar-refractivity contribution < 1.29 is 13.8 Å². The molecule has 23 heavy (non-hydrogen) atoms. The highest BCUT2D eigenvalue weighted by Crippen LogP contribution is 2.29. The number of aryl methyl sites for hydroxylation is 3. The lowest BCUT2D eigenvalue weighted by Crippen LogP contribution is -2.41. The van der Waals surface area contributed by atoms with Gasteiger partial charge in [0.05, 0.1) is 11.6 Å². The van der Waals surface area contributed by atoms with Crippen LogP contribution in [0.3, 0.4) is 0 Å². The molecule has 7 heteroatoms. The van der Waals surface area contributed by atoms with Gasteiger partial charge in [-0.2, -0.15) is 4.98 Å². The summed E-state index contributed by atoms with van der Waals surface area (Å²) in [6.07, 6.45) is 1.92. The molecule has 2 aromatic rings. The van der Waals surface area contributed by atoms with E-state index in [1.807, 2.05) is 25.7 Å². The Morgan fingerprint density at radius 3 is 2.65 bits per heavy atom. The molecule has 0 radical (unpaired) electrons. The van der Waals surface area contributed by atoms with Gasteiger partial charge in [0.15, 0.2) is 5.82 Å². The van der Waals surface area contributed by atoms with Gasteiger partial charge in [-0.1, -0.05) is 10.3 Å². The van der Waals surface area contributed by atoms with E-state index in [9.17, 15) is 4.79 Å². The van der Waals surface area contributed by atoms with Crippen LogP contribution in [0.25, 0.3) is 0 Å². The first kappa shape index (κ1) is 15.7. The van der Waals surface area contributed by atoms with Crippen LogP contribution in [0.15, 0.2) is 9.05 Å². The highest BCUT2D eigenvalue weighted by Gasteiger charge is 2.32. The molecule has 0 saturated carbocycles. The lowest BCUT2D eigenvalue weighted by molar-refractivity contribution is -0.133. The van der Waals surface area contributed by atoms with Gasteiger partial charge in [0, 0.05) is 31.5 Å². The standard InChI is InChI=1S/C16H22N4O3/c1-9(14-10(2)18-22-11(14)3)16(21)20-7-5-6-13(8-20)15-17-12(4)23-19-15/h9,13H,5-8H2,1-4H3. The van der Waals surface area contributed by atoms with Crippen LogP contribution in [-0.4, -0.2) is 39.2 Å². The largest absolute Gasteiger partial charge is 0.361 e. The summed E-state index contributed by atoms with van der Waals surface area (Å²) in [6.45, 7) is 8.81. The molecule has 2 unspecified atom stereocenters. The number of piperidine rings is 1. The highest BCUT2D eigenvalue weighted by atomic mass is 16.5. The van der Waals surface area contributed by atoms with Crippen LogP contribution in [0.2, 0.25) is 0 Å². The molecule has 3 heterocycles. The summed E-state index contributed by atoms with van der Waals surface area (Å²) < 4.78 is 10.3. The summed E-state index contributed by atoms with van der Waals surface area (Å²) in [6, 6.07) is 0. The van der Waals surface area contributed by atoms with Gasteiger partial charge in [-0.05, 0) is 33.6 Å². The fourth-order valence-corrected chi connectivity index (χ4v) is 3.37. The van der Waals surface area contributed by atoms with Crippen LogP contribution in [0.4, 0.5) is 0 Å². The lowest BCUT2D eigenvalue weighted by atomic mass is 9.93. The van der Waals surface area contributed by atoms with Crippen LogP contribution in [-0.2, 0) is 4.79 Å². The van der Waals surface area contributed by atoms with Gasteiger partial charge in [0.25, 0.3) is 0 Å². The predicted octanol–water partition coefficient (Wildman–Crippen LogP) is 2.49. The number of rotatable bonds is 3. The van der Waals surface area contributed by atoms with E-state index in [1.165, 1.54) is 0 Å². The Bertz CT molecular complexity index is 686. The van der Waals surface area contributed by atoms with Gasteiger partial charge in [-0.15, -0.1) is 0 Å². The summed E-state index contributed by atoms with van der Waals surface area (Å²) in [5, 5.41) is 7.96. The third-order valence-electron chi connectivity index (χ3n) is 4.53. The van der Waals surface area contributed by atoms with E-state index in [-0.39, 0.29) is 17.7 Å². The van der Waals surface area contributed by atoms with Crippen molar-refractivity contribution in [2.75, 3.05) is 13.1 Å². The van der Waals surface area contributed by atoms with E-state index in [1.54, 1.807) is 6.92 Å². The molecule has 0 bridgehead atoms. The van der Waals surface area contributed by atoms with Gasteiger partial charge in [0.2, 0.25) is 11.8 Å². The molecule has 1 amide bonds. The van der Waals surface area contributed by atoms with Crippen LogP contribution in [0, 0.1) is 20.8 Å². The molecule has 0 aromatic carbocycles. The second-order valence-corrected chi connectivity index (χ2v) is 6.25. The Balaban J connectivity index is 1.74. The van der Waals surface area contributed by atoms with Crippen molar-refractivity contribution >= 4 is 5.91 Å². The molecule has 1 aliphatic heterocycles. The molecule has 1 saturated heterocycles. The summed E-state index contributed by atoms with van der Waals surface area (Å²) in [7, 11) is 0. The first-order valence-electron chi connectivity index (χ1n) is 7.99. The maximum Gasteiger partial charge on any atom is 0.230 e. The van der Waals surface area contributed by atoms with Crippen molar-refractivity contribution in [2.24, 2.45) is 0 Å². The van der Waals surface area contributed by atoms with E-state index in [0.717, 1.165) is 30.6 Å². The minimum Gasteiger partial charge on any atom is -0.361 e. The number of aromatic nitrogens is 3. The average Bonchev–Trinajstić information content (AvgIpc) is 3.12. The fourth-order valence-electron chi connectivity index (χ4n) is 3.37. The Hall–Kier alpha value is -2.18. The second kappa shape index (κ2) is 6.14. The monoisotopic (exact) mass is 318 g/mol. The summed E-state index contributed by atoms with van der Waals surface area (Å²) in [5.41, 5.74) is 1.68. The maximum absolute atomic E-state index is 12.9. The van der Waals surface area contributed by atoms with Crippen molar-refractivity contribution in [3.8, 4) is 0 Å². The predicted molar refractivity (Wildman–Crippen MR) is 82.0 cm³/mol. The Labute approximate surface area is 135 Å². The van der Waals surface area contributed by atoms with Gasteiger partial charge in [0.1, 0.15) is 5.76 Å². The zero-order valence-electron chi connectivity index (χ0n) is 14.0. The molecule has 124 valence electrons. The number of amides is 1. The zero-order valence-corrected chi connectivity index (χ0v) is 14.0. The van der Waals surface area contributed by atoms with Crippen LogP contribution in [0.1, 0.15) is 60.3 Å². The van der Waals surface area contributed by atoms with Crippen molar-refractivity contribution in [1.29, 1.82) is 0 Å². The number of carbonyl (C=O) groups excluding carboxylic acids is 1. The van der Waals surface area contributed by atoms with E-state index in [0.29, 0.717) is 24.0 Å². The van der Waals surface area contributed by atoms with Crippen LogP contribution >= 0.6 is 0 Å². The minimum absolute atomic E-state index is 0.101. The molecule has 0 spiro atoms. The first-order valence-corrected chi connectivity index (χ1v) is 7.99. The smallest absolute Gasteiger partial charge is 0.230 e. The molecule has 1 aliphatic rings. The van der Waals surface area contributed by atoms with E-state index >= 15 is 0 Å². The molecule has 0 aliphatic carbocycles. The summed E-state index contributed by atoms with van der Waals surface area (Å²) >= 11 is 0. The average molecular weight is 318 g/mol. The van der Waals surface area contributed by atoms with Gasteiger partial charge in [-0.25, -0.2) is 0 Å². The fraction of sp³-hybridized carbons (Fsp3) is 0.625. The number of likely N-dealkylation sites (tertiary alicyclic amines) is 1. The molecular weight excluding hydrogens is 296 g/mol. The molecule has 0 N–H and O–H groups in total. The maximum atomic E-state index is 12.9. The van der Waals surface area contributed by atoms with Gasteiger partial charge in [-0.3, -0.25) is 4.79 Å². The Morgan fingerprint density at radius 1 is 1.26 bits per heavy atom. The quantitative estimate of drug-likeness (QED) is 0.864. The van der Waals surface area contributed by atoms with Crippen molar-refractivity contribution in [2.45, 2.75) is 52.4 Å². The van der Waals surface area contributed by atoms with E-state index in [2.05, 4.69) is 15.3 Å². The SMILES string of the molecule is Cc1nc(C2CCCN(C(=O)C(C)c3c(C)noc3C)C2)no1. The van der Waals surface area contributed by atoms with Crippen LogP contribution in [0.5, 0.6) is 0 Å². The number of hydrogen-bond donors (Lipinski definition) is 0. The normalized spacial score (nSPS) is 19.8. The number of carbonyl (C=O) groups is 1. The Kier molecular flexibility index (Phi) is 4.19. The van der Waals surface area contributed by atoms with Crippen LogP contribution < -0.4 is 0 Å². The molecule has 1 fully saturated rings. The highest BCUT2D eigenvalue weighted by molar-refractivity contribution is 5.84. The third kappa shape index (κ3) is 3.00. The van der Waals surface area contributed by atoms with Gasteiger partial charge >= 0.3 is 0 Å². The van der Waals surface area contributed by atoms with Crippen molar-refractivity contribution in [3.05, 3.63) is 28.7 Å². The second-order valence-electron chi connectivity index (χ2n) is 6.25. The molecule has 2 atom stereocenters. The topological polar surface area (TPSA) is 85.3 Å². The van der Waals surface area contributed by atoms with E-state index in [4.69, 9.17) is 9.05 Å². The lowest BCUT2D eigenvalue weighted by Gasteiger charge is -2.33. The first-order chi connectivity index (χ1) is 11.0. The number of nitrogens with zero attached hydrogens (tertiary/aromatic N) is 4. The molecule has 3 rings (SSSR count). The molecular formula is C16H22N4O3. The third-order valence-corrected chi connectivity index (χ3v) is 4.53. The summed E-state index contributed by atoms with van der Waals surface area (Å²) in [4.78, 5) is 19.1. The van der Waals surface area contributed by atoms with E-state index < -0.39 is 0 Å².